The lowest BCUT2D eigenvalue weighted by atomic mass is 10.1. The van der Waals surface area contributed by atoms with Crippen LogP contribution in [-0.4, -0.2) is 44.1 Å². The van der Waals surface area contributed by atoms with Crippen LogP contribution in [0, 0.1) is 0 Å². The van der Waals surface area contributed by atoms with Crippen LogP contribution in [0.1, 0.15) is 23.1 Å². The van der Waals surface area contributed by atoms with Crippen LogP contribution in [0.5, 0.6) is 0 Å². The lowest BCUT2D eigenvalue weighted by Crippen LogP contribution is -2.32. The van der Waals surface area contributed by atoms with E-state index in [9.17, 15) is 4.39 Å². The standard InChI is InChI=1S/C17H18FN5O/c1-11(12(2)18)17-15-10-24-16-9-22(7-13-5-3-4-6-19-13)8-14(16)23(15)21-20-17/h3-6,14,16H,1-2,7-10H2. The van der Waals surface area contributed by atoms with E-state index in [0.717, 1.165) is 31.0 Å². The number of likely N-dealkylation sites (tertiary alicyclic amines) is 1. The van der Waals surface area contributed by atoms with E-state index in [0.29, 0.717) is 12.3 Å². The molecule has 2 aromatic rings. The van der Waals surface area contributed by atoms with Crippen LogP contribution in [0.25, 0.3) is 5.57 Å². The van der Waals surface area contributed by atoms with Crippen molar-refractivity contribution in [3.63, 3.8) is 0 Å². The maximum absolute atomic E-state index is 13.4. The predicted molar refractivity (Wildman–Crippen MR) is 86.4 cm³/mol. The van der Waals surface area contributed by atoms with Crippen molar-refractivity contribution in [3.8, 4) is 0 Å². The first-order chi connectivity index (χ1) is 11.6. The summed E-state index contributed by atoms with van der Waals surface area (Å²) in [5.41, 5.74) is 2.39. The van der Waals surface area contributed by atoms with E-state index in [1.54, 1.807) is 6.20 Å². The summed E-state index contributed by atoms with van der Waals surface area (Å²) in [5.74, 6) is -0.594. The molecule has 24 heavy (non-hydrogen) atoms. The highest BCUT2D eigenvalue weighted by Gasteiger charge is 2.40. The van der Waals surface area contributed by atoms with Gasteiger partial charge in [-0.05, 0) is 12.1 Å². The molecule has 4 rings (SSSR count). The van der Waals surface area contributed by atoms with E-state index in [4.69, 9.17) is 4.74 Å². The van der Waals surface area contributed by atoms with Gasteiger partial charge in [0.1, 0.15) is 11.5 Å². The second-order valence-corrected chi connectivity index (χ2v) is 6.14. The molecule has 0 bridgehead atoms. The van der Waals surface area contributed by atoms with Crippen LogP contribution in [0.4, 0.5) is 4.39 Å². The summed E-state index contributed by atoms with van der Waals surface area (Å²) in [4.78, 5) is 6.66. The quantitative estimate of drug-likeness (QED) is 0.805. The molecule has 2 atom stereocenters. The van der Waals surface area contributed by atoms with Gasteiger partial charge in [-0.3, -0.25) is 9.88 Å². The van der Waals surface area contributed by atoms with Gasteiger partial charge in [0.25, 0.3) is 0 Å². The molecule has 124 valence electrons. The number of rotatable bonds is 4. The zero-order valence-corrected chi connectivity index (χ0v) is 13.2. The minimum absolute atomic E-state index is 0.0533. The summed E-state index contributed by atoms with van der Waals surface area (Å²) in [6.07, 6.45) is 1.85. The van der Waals surface area contributed by atoms with Crippen molar-refractivity contribution >= 4 is 5.57 Å². The number of nitrogens with zero attached hydrogens (tertiary/aromatic N) is 5. The molecule has 0 saturated carbocycles. The van der Waals surface area contributed by atoms with Gasteiger partial charge in [-0.2, -0.15) is 0 Å². The fourth-order valence-corrected chi connectivity index (χ4v) is 3.34. The van der Waals surface area contributed by atoms with Gasteiger partial charge in [0.2, 0.25) is 0 Å². The van der Waals surface area contributed by atoms with Gasteiger partial charge in [-0.1, -0.05) is 24.4 Å². The van der Waals surface area contributed by atoms with E-state index in [1.165, 1.54) is 0 Å². The molecular weight excluding hydrogens is 309 g/mol. The Morgan fingerprint density at radius 1 is 1.33 bits per heavy atom. The van der Waals surface area contributed by atoms with Crippen molar-refractivity contribution in [1.29, 1.82) is 0 Å². The Hall–Kier alpha value is -2.38. The maximum atomic E-state index is 13.4. The molecule has 1 saturated heterocycles. The van der Waals surface area contributed by atoms with Gasteiger partial charge in [0.15, 0.2) is 0 Å². The van der Waals surface area contributed by atoms with E-state index in [-0.39, 0.29) is 17.7 Å². The molecule has 0 radical (unpaired) electrons. The highest BCUT2D eigenvalue weighted by Crippen LogP contribution is 2.34. The first kappa shape index (κ1) is 15.2. The Morgan fingerprint density at radius 3 is 2.96 bits per heavy atom. The number of hydrogen-bond donors (Lipinski definition) is 0. The fourth-order valence-electron chi connectivity index (χ4n) is 3.34. The van der Waals surface area contributed by atoms with Gasteiger partial charge >= 0.3 is 0 Å². The summed E-state index contributed by atoms with van der Waals surface area (Å²) in [7, 11) is 0. The predicted octanol–water partition coefficient (Wildman–Crippen LogP) is 2.13. The zero-order chi connectivity index (χ0) is 16.7. The van der Waals surface area contributed by atoms with Gasteiger partial charge in [0.05, 0.1) is 30.1 Å². The van der Waals surface area contributed by atoms with E-state index in [2.05, 4.69) is 33.4 Å². The Bertz CT molecular complexity index is 788. The minimum atomic E-state index is -0.594. The third-order valence-electron chi connectivity index (χ3n) is 4.58. The van der Waals surface area contributed by atoms with Crippen LogP contribution in [0.2, 0.25) is 0 Å². The molecule has 7 heteroatoms. The summed E-state index contributed by atoms with van der Waals surface area (Å²) >= 11 is 0. The van der Waals surface area contributed by atoms with Gasteiger partial charge in [-0.25, -0.2) is 9.07 Å². The highest BCUT2D eigenvalue weighted by atomic mass is 19.1. The second-order valence-electron chi connectivity index (χ2n) is 6.14. The minimum Gasteiger partial charge on any atom is -0.368 e. The number of aromatic nitrogens is 4. The number of hydrogen-bond acceptors (Lipinski definition) is 5. The Morgan fingerprint density at radius 2 is 2.21 bits per heavy atom. The average molecular weight is 327 g/mol. The number of ether oxygens (including phenoxy) is 1. The first-order valence-corrected chi connectivity index (χ1v) is 7.85. The summed E-state index contributed by atoms with van der Waals surface area (Å²) in [6.45, 7) is 9.71. The van der Waals surface area contributed by atoms with Crippen LogP contribution in [-0.2, 0) is 17.9 Å². The van der Waals surface area contributed by atoms with Crippen molar-refractivity contribution in [2.24, 2.45) is 0 Å². The van der Waals surface area contributed by atoms with E-state index < -0.39 is 5.83 Å². The Labute approximate surface area is 139 Å². The average Bonchev–Trinajstić information content (AvgIpc) is 3.17. The highest BCUT2D eigenvalue weighted by molar-refractivity contribution is 5.73. The molecule has 4 heterocycles. The molecule has 2 aliphatic heterocycles. The molecular formula is C17H18FN5O. The molecule has 0 aliphatic carbocycles. The first-order valence-electron chi connectivity index (χ1n) is 7.85. The molecule has 0 aromatic carbocycles. The molecule has 1 fully saturated rings. The van der Waals surface area contributed by atoms with Crippen LogP contribution in [0.3, 0.4) is 0 Å². The Balaban J connectivity index is 1.55. The lowest BCUT2D eigenvalue weighted by Gasteiger charge is -2.26. The maximum Gasteiger partial charge on any atom is 0.124 e. The Kier molecular flexibility index (Phi) is 3.74. The number of fused-ring (bicyclic) bond motifs is 3. The lowest BCUT2D eigenvalue weighted by molar-refractivity contribution is -0.00534. The number of halogens is 1. The van der Waals surface area contributed by atoms with Crippen molar-refractivity contribution in [2.75, 3.05) is 13.1 Å². The summed E-state index contributed by atoms with van der Waals surface area (Å²) < 4.78 is 21.2. The monoisotopic (exact) mass is 327 g/mol. The van der Waals surface area contributed by atoms with E-state index in [1.807, 2.05) is 22.9 Å². The normalized spacial score (nSPS) is 22.9. The number of pyridine rings is 1. The number of allylic oxidation sites excluding steroid dienone is 2. The van der Waals surface area contributed by atoms with Crippen molar-refractivity contribution in [3.05, 3.63) is 60.5 Å². The molecule has 0 N–H and O–H groups in total. The third kappa shape index (κ3) is 2.55. The second kappa shape index (κ2) is 5.92. The van der Waals surface area contributed by atoms with Crippen LogP contribution in [0.15, 0.2) is 43.4 Å². The van der Waals surface area contributed by atoms with E-state index >= 15 is 0 Å². The van der Waals surface area contributed by atoms with Crippen LogP contribution < -0.4 is 0 Å². The molecule has 0 spiro atoms. The van der Waals surface area contributed by atoms with Crippen LogP contribution >= 0.6 is 0 Å². The smallest absolute Gasteiger partial charge is 0.124 e. The fraction of sp³-hybridized carbons (Fsp3) is 0.353. The van der Waals surface area contributed by atoms with Crippen molar-refractivity contribution in [1.82, 2.24) is 24.9 Å². The topological polar surface area (TPSA) is 56.1 Å². The molecule has 2 unspecified atom stereocenters. The summed E-state index contributed by atoms with van der Waals surface area (Å²) in [6, 6.07) is 5.97. The largest absolute Gasteiger partial charge is 0.368 e. The van der Waals surface area contributed by atoms with Crippen molar-refractivity contribution < 1.29 is 9.13 Å². The molecule has 6 nitrogen and oxygen atoms in total. The summed E-state index contributed by atoms with van der Waals surface area (Å²) in [5, 5.41) is 8.31. The van der Waals surface area contributed by atoms with Gasteiger partial charge < -0.3 is 4.74 Å². The third-order valence-corrected chi connectivity index (χ3v) is 4.58. The molecule has 0 amide bonds. The zero-order valence-electron chi connectivity index (χ0n) is 13.2. The van der Waals surface area contributed by atoms with Gasteiger partial charge in [0, 0.05) is 31.4 Å². The van der Waals surface area contributed by atoms with Crippen molar-refractivity contribution in [2.45, 2.75) is 25.3 Å². The van der Waals surface area contributed by atoms with Gasteiger partial charge in [-0.15, -0.1) is 5.10 Å². The SMILES string of the molecule is C=C(F)C(=C)c1nnn2c1COC1CN(Cc3ccccn3)CC12. The molecule has 2 aromatic heterocycles. The molecule has 2 aliphatic rings.